The predicted octanol–water partition coefficient (Wildman–Crippen LogP) is 4.37. The summed E-state index contributed by atoms with van der Waals surface area (Å²) in [6, 6.07) is 12.8. The highest BCUT2D eigenvalue weighted by atomic mass is 32.1. The van der Waals surface area contributed by atoms with E-state index < -0.39 is 0 Å². The fourth-order valence-corrected chi connectivity index (χ4v) is 4.87. The van der Waals surface area contributed by atoms with Crippen molar-refractivity contribution >= 4 is 33.3 Å². The molecule has 2 aromatic carbocycles. The predicted molar refractivity (Wildman–Crippen MR) is 116 cm³/mol. The summed E-state index contributed by atoms with van der Waals surface area (Å²) in [5.74, 6) is 1.47. The molecule has 0 unspecified atom stereocenters. The minimum Gasteiger partial charge on any atom is -0.508 e. The number of carbonyl (C=O) groups excluding carboxylic acids is 1. The molecule has 0 bridgehead atoms. The monoisotopic (exact) mass is 420 g/mol. The van der Waals surface area contributed by atoms with E-state index in [-0.39, 0.29) is 17.6 Å². The van der Waals surface area contributed by atoms with E-state index in [1.807, 2.05) is 44.2 Å². The van der Waals surface area contributed by atoms with Gasteiger partial charge in [-0.25, -0.2) is 4.98 Å². The standard InChI is InChI=1S/C22H20N4O3S/c1-3-29-15-8-9-17-18(10-15)30-22(23-17)26-21-20(12(2)25-26)16(11-19(28)24-21)13-4-6-14(27)7-5-13/h4-10,16,27H,3,11H2,1-2H3,(H,24,28)/t16-/m0/s1. The maximum Gasteiger partial charge on any atom is 0.226 e. The zero-order valence-corrected chi connectivity index (χ0v) is 17.4. The molecule has 1 amide bonds. The molecule has 5 rings (SSSR count). The third kappa shape index (κ3) is 3.09. The van der Waals surface area contributed by atoms with Gasteiger partial charge in [-0.3, -0.25) is 4.79 Å². The molecular weight excluding hydrogens is 400 g/mol. The van der Waals surface area contributed by atoms with E-state index in [0.717, 1.165) is 32.8 Å². The Morgan fingerprint density at radius 3 is 2.83 bits per heavy atom. The number of phenolic OH excluding ortho intramolecular Hbond substituents is 1. The maximum atomic E-state index is 12.5. The minimum absolute atomic E-state index is 0.0681. The van der Waals surface area contributed by atoms with E-state index in [9.17, 15) is 9.90 Å². The number of fused-ring (bicyclic) bond motifs is 2. The summed E-state index contributed by atoms with van der Waals surface area (Å²) in [5, 5.41) is 18.0. The Morgan fingerprint density at radius 1 is 1.27 bits per heavy atom. The largest absolute Gasteiger partial charge is 0.508 e. The molecule has 3 heterocycles. The van der Waals surface area contributed by atoms with Gasteiger partial charge in [-0.2, -0.15) is 9.78 Å². The van der Waals surface area contributed by atoms with Crippen molar-refractivity contribution < 1.29 is 14.6 Å². The van der Waals surface area contributed by atoms with E-state index in [1.165, 1.54) is 11.3 Å². The van der Waals surface area contributed by atoms with Crippen LogP contribution in [0.3, 0.4) is 0 Å². The van der Waals surface area contributed by atoms with Crippen LogP contribution in [0.15, 0.2) is 42.5 Å². The van der Waals surface area contributed by atoms with E-state index in [1.54, 1.807) is 16.8 Å². The molecule has 30 heavy (non-hydrogen) atoms. The quantitative estimate of drug-likeness (QED) is 0.512. The number of benzene rings is 2. The molecule has 8 heteroatoms. The molecule has 0 spiro atoms. The van der Waals surface area contributed by atoms with Gasteiger partial charge in [-0.05, 0) is 49.7 Å². The summed E-state index contributed by atoms with van der Waals surface area (Å²) in [6.45, 7) is 4.50. The van der Waals surface area contributed by atoms with Crippen molar-refractivity contribution in [1.29, 1.82) is 0 Å². The molecule has 1 aliphatic rings. The van der Waals surface area contributed by atoms with Crippen LogP contribution in [0.5, 0.6) is 11.5 Å². The fraction of sp³-hybridized carbons (Fsp3) is 0.227. The summed E-state index contributed by atoms with van der Waals surface area (Å²) in [7, 11) is 0. The van der Waals surface area contributed by atoms with Gasteiger partial charge in [0.1, 0.15) is 17.3 Å². The number of aromatic nitrogens is 3. The number of nitrogens with zero attached hydrogens (tertiary/aromatic N) is 3. The number of hydrogen-bond acceptors (Lipinski definition) is 6. The van der Waals surface area contributed by atoms with Crippen LogP contribution in [0.2, 0.25) is 0 Å². The van der Waals surface area contributed by atoms with E-state index >= 15 is 0 Å². The van der Waals surface area contributed by atoms with Gasteiger partial charge in [0.15, 0.2) is 0 Å². The first-order chi connectivity index (χ1) is 14.5. The third-order valence-corrected chi connectivity index (χ3v) is 6.23. The Morgan fingerprint density at radius 2 is 2.07 bits per heavy atom. The van der Waals surface area contributed by atoms with Crippen LogP contribution in [0.4, 0.5) is 5.82 Å². The molecule has 4 aromatic rings. The van der Waals surface area contributed by atoms with Crippen LogP contribution in [-0.4, -0.2) is 32.4 Å². The molecule has 0 aliphatic carbocycles. The number of thiazole rings is 1. The van der Waals surface area contributed by atoms with E-state index in [2.05, 4.69) is 5.32 Å². The number of aryl methyl sites for hydroxylation is 1. The number of carbonyl (C=O) groups is 1. The van der Waals surface area contributed by atoms with Crippen molar-refractivity contribution in [1.82, 2.24) is 14.8 Å². The lowest BCUT2D eigenvalue weighted by molar-refractivity contribution is -0.116. The first-order valence-corrected chi connectivity index (χ1v) is 10.6. The lowest BCUT2D eigenvalue weighted by Crippen LogP contribution is -2.24. The molecule has 0 saturated heterocycles. The van der Waals surface area contributed by atoms with E-state index in [4.69, 9.17) is 14.8 Å². The normalized spacial score (nSPS) is 15.8. The number of hydrogen-bond donors (Lipinski definition) is 2. The zero-order valence-electron chi connectivity index (χ0n) is 16.5. The topological polar surface area (TPSA) is 89.3 Å². The smallest absolute Gasteiger partial charge is 0.226 e. The van der Waals surface area contributed by atoms with Crippen LogP contribution in [0, 0.1) is 6.92 Å². The molecule has 1 aliphatic heterocycles. The second-order valence-electron chi connectivity index (χ2n) is 7.21. The number of anilines is 1. The first-order valence-electron chi connectivity index (χ1n) is 9.75. The van der Waals surface area contributed by atoms with Gasteiger partial charge in [-0.15, -0.1) is 0 Å². The summed E-state index contributed by atoms with van der Waals surface area (Å²) in [5.41, 5.74) is 3.65. The fourth-order valence-electron chi connectivity index (χ4n) is 3.92. The Balaban J connectivity index is 1.61. The van der Waals surface area contributed by atoms with Crippen molar-refractivity contribution in [2.45, 2.75) is 26.2 Å². The van der Waals surface area contributed by atoms with Crippen molar-refractivity contribution in [3.63, 3.8) is 0 Å². The van der Waals surface area contributed by atoms with Crippen LogP contribution < -0.4 is 10.1 Å². The molecule has 1 atom stereocenters. The maximum absolute atomic E-state index is 12.5. The second kappa shape index (κ2) is 7.14. The molecule has 0 fully saturated rings. The van der Waals surface area contributed by atoms with Gasteiger partial charge in [0.05, 0.1) is 22.5 Å². The molecule has 2 aromatic heterocycles. The highest BCUT2D eigenvalue weighted by Crippen LogP contribution is 2.41. The highest BCUT2D eigenvalue weighted by Gasteiger charge is 2.33. The van der Waals surface area contributed by atoms with Gasteiger partial charge in [0, 0.05) is 17.9 Å². The van der Waals surface area contributed by atoms with Crippen LogP contribution in [0.25, 0.3) is 15.3 Å². The van der Waals surface area contributed by atoms with Crippen LogP contribution in [0.1, 0.15) is 36.1 Å². The van der Waals surface area contributed by atoms with Crippen molar-refractivity contribution in [2.75, 3.05) is 11.9 Å². The molecular formula is C22H20N4O3S. The minimum atomic E-state index is -0.123. The number of rotatable bonds is 4. The summed E-state index contributed by atoms with van der Waals surface area (Å²) >= 11 is 1.50. The average Bonchev–Trinajstić information content (AvgIpc) is 3.29. The van der Waals surface area contributed by atoms with Gasteiger partial charge >= 0.3 is 0 Å². The van der Waals surface area contributed by atoms with Gasteiger partial charge in [0.25, 0.3) is 0 Å². The Bertz CT molecular complexity index is 1260. The van der Waals surface area contributed by atoms with Crippen LogP contribution >= 0.6 is 11.3 Å². The molecule has 0 saturated carbocycles. The number of ether oxygens (including phenoxy) is 1. The number of nitrogens with one attached hydrogen (secondary N) is 1. The molecule has 2 N–H and O–H groups in total. The Hall–Kier alpha value is -3.39. The Labute approximate surface area is 176 Å². The summed E-state index contributed by atoms with van der Waals surface area (Å²) in [4.78, 5) is 17.2. The molecule has 0 radical (unpaired) electrons. The second-order valence-corrected chi connectivity index (χ2v) is 8.22. The van der Waals surface area contributed by atoms with Crippen molar-refractivity contribution in [3.8, 4) is 16.6 Å². The van der Waals surface area contributed by atoms with E-state index in [0.29, 0.717) is 24.0 Å². The number of phenols is 1. The van der Waals surface area contributed by atoms with Crippen molar-refractivity contribution in [2.24, 2.45) is 0 Å². The lowest BCUT2D eigenvalue weighted by Gasteiger charge is -2.24. The highest BCUT2D eigenvalue weighted by molar-refractivity contribution is 7.20. The van der Waals surface area contributed by atoms with Gasteiger partial charge < -0.3 is 15.2 Å². The average molecular weight is 420 g/mol. The van der Waals surface area contributed by atoms with Crippen molar-refractivity contribution in [3.05, 3.63) is 59.3 Å². The summed E-state index contributed by atoms with van der Waals surface area (Å²) < 4.78 is 8.31. The van der Waals surface area contributed by atoms with Gasteiger partial charge in [0.2, 0.25) is 11.0 Å². The van der Waals surface area contributed by atoms with Gasteiger partial charge in [-0.1, -0.05) is 23.5 Å². The summed E-state index contributed by atoms with van der Waals surface area (Å²) in [6.07, 6.45) is 0.335. The zero-order chi connectivity index (χ0) is 20.8. The molecule has 7 nitrogen and oxygen atoms in total. The Kier molecular flexibility index (Phi) is 4.43. The van der Waals surface area contributed by atoms with Crippen LogP contribution in [-0.2, 0) is 4.79 Å². The SMILES string of the molecule is CCOc1ccc2nc(-n3nc(C)c4c3NC(=O)C[C@H]4c3ccc(O)cc3)sc2c1. The molecule has 152 valence electrons. The third-order valence-electron chi connectivity index (χ3n) is 5.24. The number of aromatic hydroxyl groups is 1. The lowest BCUT2D eigenvalue weighted by atomic mass is 9.86. The first kappa shape index (κ1) is 18.6. The number of amides is 1.